The summed E-state index contributed by atoms with van der Waals surface area (Å²) in [7, 11) is 0. The minimum absolute atomic E-state index is 0.0362. The second-order valence-electron chi connectivity index (χ2n) is 6.83. The molecular formula is C17H19N5O. The summed E-state index contributed by atoms with van der Waals surface area (Å²) >= 11 is 0. The predicted octanol–water partition coefficient (Wildman–Crippen LogP) is 2.82. The summed E-state index contributed by atoms with van der Waals surface area (Å²) in [5.41, 5.74) is 0.848. The first-order chi connectivity index (χ1) is 11.3. The lowest BCUT2D eigenvalue weighted by Gasteiger charge is -2.17. The molecule has 2 aliphatic carbocycles. The molecular weight excluding hydrogens is 290 g/mol. The first-order valence-corrected chi connectivity index (χ1v) is 8.58. The zero-order chi connectivity index (χ0) is 15.4. The van der Waals surface area contributed by atoms with Gasteiger partial charge in [-0.25, -0.2) is 4.98 Å². The SMILES string of the molecule is O=c1c2cnc3nc(C4CCCCC4)nn3c2ccn1C1CC1. The van der Waals surface area contributed by atoms with Crippen molar-refractivity contribution in [1.29, 1.82) is 0 Å². The van der Waals surface area contributed by atoms with Gasteiger partial charge < -0.3 is 4.57 Å². The second-order valence-corrected chi connectivity index (χ2v) is 6.83. The van der Waals surface area contributed by atoms with E-state index < -0.39 is 0 Å². The van der Waals surface area contributed by atoms with Gasteiger partial charge in [0, 0.05) is 24.4 Å². The Morgan fingerprint density at radius 3 is 2.70 bits per heavy atom. The van der Waals surface area contributed by atoms with Crippen LogP contribution >= 0.6 is 0 Å². The van der Waals surface area contributed by atoms with Crippen molar-refractivity contribution in [3.05, 3.63) is 34.6 Å². The van der Waals surface area contributed by atoms with Crippen LogP contribution in [-0.4, -0.2) is 24.1 Å². The molecule has 3 aromatic rings. The zero-order valence-corrected chi connectivity index (χ0v) is 13.0. The summed E-state index contributed by atoms with van der Waals surface area (Å²) in [6, 6.07) is 2.35. The molecule has 0 amide bonds. The van der Waals surface area contributed by atoms with E-state index in [1.165, 1.54) is 19.3 Å². The van der Waals surface area contributed by atoms with Gasteiger partial charge in [-0.05, 0) is 31.7 Å². The Labute approximate surface area is 133 Å². The van der Waals surface area contributed by atoms with Gasteiger partial charge in [0.1, 0.15) is 0 Å². The molecule has 3 heterocycles. The van der Waals surface area contributed by atoms with Crippen LogP contribution in [0.25, 0.3) is 16.7 Å². The van der Waals surface area contributed by atoms with Gasteiger partial charge in [0.15, 0.2) is 5.82 Å². The fourth-order valence-electron chi connectivity index (χ4n) is 3.72. The van der Waals surface area contributed by atoms with E-state index in [0.29, 0.717) is 23.1 Å². The maximum Gasteiger partial charge on any atom is 0.261 e. The van der Waals surface area contributed by atoms with Crippen LogP contribution in [0.5, 0.6) is 0 Å². The van der Waals surface area contributed by atoms with Crippen molar-refractivity contribution in [3.8, 4) is 0 Å². The van der Waals surface area contributed by atoms with Crippen LogP contribution in [0.2, 0.25) is 0 Å². The molecule has 0 saturated heterocycles. The lowest BCUT2D eigenvalue weighted by molar-refractivity contribution is 0.429. The van der Waals surface area contributed by atoms with E-state index in [2.05, 4.69) is 9.97 Å². The van der Waals surface area contributed by atoms with Crippen LogP contribution in [0.3, 0.4) is 0 Å². The lowest BCUT2D eigenvalue weighted by atomic mass is 9.89. The molecule has 5 rings (SSSR count). The molecule has 0 bridgehead atoms. The predicted molar refractivity (Wildman–Crippen MR) is 86.6 cm³/mol. The van der Waals surface area contributed by atoms with Crippen molar-refractivity contribution in [1.82, 2.24) is 24.1 Å². The number of fused-ring (bicyclic) bond motifs is 3. The quantitative estimate of drug-likeness (QED) is 0.730. The minimum Gasteiger partial charge on any atom is -0.312 e. The van der Waals surface area contributed by atoms with Crippen LogP contribution in [0, 0.1) is 0 Å². The van der Waals surface area contributed by atoms with Gasteiger partial charge >= 0.3 is 0 Å². The molecule has 2 saturated carbocycles. The van der Waals surface area contributed by atoms with Crippen molar-refractivity contribution in [2.45, 2.75) is 56.9 Å². The fourth-order valence-corrected chi connectivity index (χ4v) is 3.72. The minimum atomic E-state index is 0.0362. The fraction of sp³-hybridized carbons (Fsp3) is 0.529. The third-order valence-electron chi connectivity index (χ3n) is 5.19. The maximum absolute atomic E-state index is 12.6. The zero-order valence-electron chi connectivity index (χ0n) is 13.0. The van der Waals surface area contributed by atoms with Gasteiger partial charge in [-0.2, -0.15) is 9.50 Å². The average molecular weight is 309 g/mol. The van der Waals surface area contributed by atoms with Crippen molar-refractivity contribution in [2.75, 3.05) is 0 Å². The number of hydrogen-bond donors (Lipinski definition) is 0. The van der Waals surface area contributed by atoms with E-state index in [4.69, 9.17) is 5.10 Å². The summed E-state index contributed by atoms with van der Waals surface area (Å²) in [6.45, 7) is 0. The second kappa shape index (κ2) is 4.88. The van der Waals surface area contributed by atoms with Crippen molar-refractivity contribution in [2.24, 2.45) is 0 Å². The number of nitrogens with zero attached hydrogens (tertiary/aromatic N) is 5. The summed E-state index contributed by atoms with van der Waals surface area (Å²) in [5, 5.41) is 5.32. The van der Waals surface area contributed by atoms with E-state index >= 15 is 0 Å². The Morgan fingerprint density at radius 2 is 1.91 bits per heavy atom. The number of hydrogen-bond acceptors (Lipinski definition) is 4. The monoisotopic (exact) mass is 309 g/mol. The van der Waals surface area contributed by atoms with Crippen molar-refractivity contribution in [3.63, 3.8) is 0 Å². The van der Waals surface area contributed by atoms with Crippen molar-refractivity contribution >= 4 is 16.7 Å². The van der Waals surface area contributed by atoms with E-state index in [0.717, 1.165) is 37.0 Å². The van der Waals surface area contributed by atoms with E-state index in [-0.39, 0.29) is 5.56 Å². The van der Waals surface area contributed by atoms with E-state index in [1.807, 2.05) is 16.8 Å². The standard InChI is InChI=1S/C17H19N5O/c23-16-13-10-18-17-19-15(11-4-2-1-3-5-11)20-22(17)14(13)8-9-21(16)12-6-7-12/h8-12H,1-7H2. The summed E-state index contributed by atoms with van der Waals surface area (Å²) < 4.78 is 3.58. The van der Waals surface area contributed by atoms with Crippen LogP contribution in [0.4, 0.5) is 0 Å². The van der Waals surface area contributed by atoms with E-state index in [9.17, 15) is 4.79 Å². The van der Waals surface area contributed by atoms with Crippen LogP contribution in [0.1, 0.15) is 62.7 Å². The largest absolute Gasteiger partial charge is 0.312 e. The molecule has 0 atom stereocenters. The van der Waals surface area contributed by atoms with Crippen LogP contribution < -0.4 is 5.56 Å². The molecule has 3 aromatic heterocycles. The van der Waals surface area contributed by atoms with Crippen LogP contribution in [-0.2, 0) is 0 Å². The highest BCUT2D eigenvalue weighted by molar-refractivity contribution is 5.78. The Bertz CT molecular complexity index is 947. The molecule has 6 nitrogen and oxygen atoms in total. The van der Waals surface area contributed by atoms with Crippen molar-refractivity contribution < 1.29 is 0 Å². The lowest BCUT2D eigenvalue weighted by Crippen LogP contribution is -2.19. The first kappa shape index (κ1) is 13.2. The summed E-state index contributed by atoms with van der Waals surface area (Å²) in [4.78, 5) is 21.6. The topological polar surface area (TPSA) is 65.1 Å². The van der Waals surface area contributed by atoms with E-state index in [1.54, 1.807) is 10.7 Å². The molecule has 2 aliphatic rings. The normalized spacial score (nSPS) is 19.7. The highest BCUT2D eigenvalue weighted by atomic mass is 16.1. The molecule has 0 spiro atoms. The molecule has 6 heteroatoms. The molecule has 0 aliphatic heterocycles. The van der Waals surface area contributed by atoms with Crippen LogP contribution in [0.15, 0.2) is 23.3 Å². The van der Waals surface area contributed by atoms with Gasteiger partial charge in [-0.3, -0.25) is 4.79 Å². The summed E-state index contributed by atoms with van der Waals surface area (Å²) in [6.07, 6.45) is 11.9. The maximum atomic E-state index is 12.6. The Morgan fingerprint density at radius 1 is 1.09 bits per heavy atom. The number of pyridine rings is 1. The molecule has 23 heavy (non-hydrogen) atoms. The van der Waals surface area contributed by atoms with Gasteiger partial charge in [0.2, 0.25) is 0 Å². The van der Waals surface area contributed by atoms with Gasteiger partial charge in [0.25, 0.3) is 11.3 Å². The highest BCUT2D eigenvalue weighted by Crippen LogP contribution is 2.34. The molecule has 0 aromatic carbocycles. The Hall–Kier alpha value is -2.24. The highest BCUT2D eigenvalue weighted by Gasteiger charge is 2.26. The summed E-state index contributed by atoms with van der Waals surface area (Å²) in [5.74, 6) is 1.92. The Balaban J connectivity index is 1.68. The third kappa shape index (κ3) is 2.08. The molecule has 2 fully saturated rings. The average Bonchev–Trinajstić information content (AvgIpc) is 3.33. The molecule has 0 radical (unpaired) electrons. The smallest absolute Gasteiger partial charge is 0.261 e. The van der Waals surface area contributed by atoms with Gasteiger partial charge in [-0.1, -0.05) is 19.3 Å². The first-order valence-electron chi connectivity index (χ1n) is 8.58. The third-order valence-corrected chi connectivity index (χ3v) is 5.19. The Kier molecular flexibility index (Phi) is 2.80. The number of rotatable bonds is 2. The molecule has 118 valence electrons. The molecule has 0 N–H and O–H groups in total. The molecule has 0 unspecified atom stereocenters. The number of aromatic nitrogens is 5. The van der Waals surface area contributed by atoms with Gasteiger partial charge in [0.05, 0.1) is 10.9 Å². The van der Waals surface area contributed by atoms with Gasteiger partial charge in [-0.15, -0.1) is 5.10 Å².